The van der Waals surface area contributed by atoms with E-state index in [4.69, 9.17) is 5.73 Å². The maximum Gasteiger partial charge on any atom is 0.256 e. The summed E-state index contributed by atoms with van der Waals surface area (Å²) in [4.78, 5) is 14.2. The predicted molar refractivity (Wildman–Crippen MR) is 69.0 cm³/mol. The molecule has 3 rings (SSSR count). The number of aliphatic hydroxyl groups is 1. The summed E-state index contributed by atoms with van der Waals surface area (Å²) in [6.07, 6.45) is 3.42. The number of rotatable bonds is 1. The first kappa shape index (κ1) is 11.5. The number of nitrogens with two attached hydrogens (primary N) is 1. The lowest BCUT2D eigenvalue weighted by Gasteiger charge is -2.35. The Bertz CT molecular complexity index is 487. The molecule has 1 amide bonds. The average Bonchev–Trinajstić information content (AvgIpc) is 2.69. The van der Waals surface area contributed by atoms with Gasteiger partial charge in [-0.15, -0.1) is 0 Å². The van der Waals surface area contributed by atoms with Crippen LogP contribution in [0, 0.1) is 0 Å². The van der Waals surface area contributed by atoms with Crippen LogP contribution < -0.4 is 5.73 Å². The zero-order chi connectivity index (χ0) is 12.7. The van der Waals surface area contributed by atoms with Gasteiger partial charge < -0.3 is 15.7 Å². The monoisotopic (exact) mass is 246 g/mol. The molecular formula is C14H18N2O2. The molecule has 1 aromatic rings. The molecule has 0 bridgehead atoms. The third-order valence-electron chi connectivity index (χ3n) is 4.09. The van der Waals surface area contributed by atoms with Crippen LogP contribution in [-0.2, 0) is 6.54 Å². The van der Waals surface area contributed by atoms with Gasteiger partial charge in [0.25, 0.3) is 5.91 Å². The van der Waals surface area contributed by atoms with Crippen LogP contribution in [-0.4, -0.2) is 28.1 Å². The van der Waals surface area contributed by atoms with Gasteiger partial charge in [0.1, 0.15) is 0 Å². The Labute approximate surface area is 106 Å². The standard InChI is InChI=1S/C14H18N2O2/c15-10-5-3-4-9-8-16(14(18)13(9)10)11-6-1-2-7-12(11)17/h3-5,11-12,17H,1-2,6-8,15H2/t11-,12-/m0/s1. The molecule has 96 valence electrons. The Kier molecular flexibility index (Phi) is 2.74. The maximum absolute atomic E-state index is 12.4. The van der Waals surface area contributed by atoms with Gasteiger partial charge in [-0.3, -0.25) is 4.79 Å². The highest BCUT2D eigenvalue weighted by molar-refractivity contribution is 6.03. The molecule has 2 aliphatic rings. The van der Waals surface area contributed by atoms with Crippen molar-refractivity contribution in [2.75, 3.05) is 5.73 Å². The minimum atomic E-state index is -0.391. The lowest BCUT2D eigenvalue weighted by Crippen LogP contribution is -2.45. The van der Waals surface area contributed by atoms with E-state index in [0.29, 0.717) is 17.8 Å². The highest BCUT2D eigenvalue weighted by atomic mass is 16.3. The molecule has 1 fully saturated rings. The molecule has 0 spiro atoms. The fourth-order valence-electron chi connectivity index (χ4n) is 3.13. The second-order valence-corrected chi connectivity index (χ2v) is 5.23. The highest BCUT2D eigenvalue weighted by Gasteiger charge is 2.37. The topological polar surface area (TPSA) is 66.6 Å². The van der Waals surface area contributed by atoms with Crippen molar-refractivity contribution in [2.45, 2.75) is 44.4 Å². The molecule has 1 heterocycles. The number of carbonyl (C=O) groups excluding carboxylic acids is 1. The molecular weight excluding hydrogens is 228 g/mol. The van der Waals surface area contributed by atoms with Crippen LogP contribution in [0.1, 0.15) is 41.6 Å². The molecule has 0 unspecified atom stereocenters. The molecule has 0 saturated heterocycles. The summed E-state index contributed by atoms with van der Waals surface area (Å²) in [5.41, 5.74) is 8.04. The number of nitrogens with zero attached hydrogens (tertiary/aromatic N) is 1. The Balaban J connectivity index is 1.90. The van der Waals surface area contributed by atoms with Gasteiger partial charge in [-0.25, -0.2) is 0 Å². The molecule has 0 radical (unpaired) electrons. The van der Waals surface area contributed by atoms with Crippen LogP contribution in [0.4, 0.5) is 5.69 Å². The molecule has 1 aromatic carbocycles. The number of carbonyl (C=O) groups is 1. The molecule has 1 aliphatic heterocycles. The second kappa shape index (κ2) is 4.28. The van der Waals surface area contributed by atoms with Crippen LogP contribution in [0.2, 0.25) is 0 Å². The van der Waals surface area contributed by atoms with Crippen molar-refractivity contribution in [3.63, 3.8) is 0 Å². The summed E-state index contributed by atoms with van der Waals surface area (Å²) in [6, 6.07) is 5.54. The number of anilines is 1. The zero-order valence-corrected chi connectivity index (χ0v) is 10.3. The number of nitrogen functional groups attached to an aromatic ring is 1. The van der Waals surface area contributed by atoms with E-state index in [1.807, 2.05) is 12.1 Å². The van der Waals surface area contributed by atoms with E-state index in [-0.39, 0.29) is 11.9 Å². The average molecular weight is 246 g/mol. The molecule has 4 nitrogen and oxygen atoms in total. The third-order valence-corrected chi connectivity index (χ3v) is 4.09. The Hall–Kier alpha value is -1.55. The highest BCUT2D eigenvalue weighted by Crippen LogP contribution is 2.33. The van der Waals surface area contributed by atoms with Gasteiger partial charge in [-0.1, -0.05) is 25.0 Å². The smallest absolute Gasteiger partial charge is 0.256 e. The SMILES string of the molecule is Nc1cccc2c1C(=O)N([C@H]1CCCC[C@@H]1O)C2. The van der Waals surface area contributed by atoms with Crippen molar-refractivity contribution in [1.82, 2.24) is 4.90 Å². The number of aliphatic hydroxyl groups excluding tert-OH is 1. The summed E-state index contributed by atoms with van der Waals surface area (Å²) in [7, 11) is 0. The lowest BCUT2D eigenvalue weighted by atomic mass is 9.91. The first-order valence-electron chi connectivity index (χ1n) is 6.55. The summed E-state index contributed by atoms with van der Waals surface area (Å²) in [5.74, 6) is -0.0194. The molecule has 2 atom stereocenters. The maximum atomic E-state index is 12.4. The van der Waals surface area contributed by atoms with E-state index in [0.717, 1.165) is 31.2 Å². The largest absolute Gasteiger partial charge is 0.398 e. The van der Waals surface area contributed by atoms with E-state index >= 15 is 0 Å². The molecule has 0 aromatic heterocycles. The molecule has 3 N–H and O–H groups in total. The van der Waals surface area contributed by atoms with E-state index in [1.165, 1.54) is 0 Å². The van der Waals surface area contributed by atoms with E-state index in [1.54, 1.807) is 11.0 Å². The third kappa shape index (κ3) is 1.68. The Morgan fingerprint density at radius 2 is 2.06 bits per heavy atom. The van der Waals surface area contributed by atoms with Crippen LogP contribution >= 0.6 is 0 Å². The fourth-order valence-corrected chi connectivity index (χ4v) is 3.13. The van der Waals surface area contributed by atoms with E-state index < -0.39 is 6.10 Å². The molecule has 1 saturated carbocycles. The van der Waals surface area contributed by atoms with Crippen molar-refractivity contribution in [1.29, 1.82) is 0 Å². The quantitative estimate of drug-likeness (QED) is 0.738. The van der Waals surface area contributed by atoms with Crippen LogP contribution in [0.3, 0.4) is 0 Å². The van der Waals surface area contributed by atoms with Gasteiger partial charge in [0.15, 0.2) is 0 Å². The van der Waals surface area contributed by atoms with Gasteiger partial charge in [0, 0.05) is 12.2 Å². The van der Waals surface area contributed by atoms with Crippen LogP contribution in [0.5, 0.6) is 0 Å². The fraction of sp³-hybridized carbons (Fsp3) is 0.500. The number of hydrogen-bond donors (Lipinski definition) is 2. The van der Waals surface area contributed by atoms with E-state index in [2.05, 4.69) is 0 Å². The summed E-state index contributed by atoms with van der Waals surface area (Å²) in [6.45, 7) is 0.584. The lowest BCUT2D eigenvalue weighted by molar-refractivity contribution is 0.0191. The Morgan fingerprint density at radius 3 is 2.78 bits per heavy atom. The Morgan fingerprint density at radius 1 is 1.28 bits per heavy atom. The van der Waals surface area contributed by atoms with Crippen molar-refractivity contribution < 1.29 is 9.90 Å². The van der Waals surface area contributed by atoms with Gasteiger partial charge in [0.05, 0.1) is 17.7 Å². The molecule has 18 heavy (non-hydrogen) atoms. The van der Waals surface area contributed by atoms with Crippen LogP contribution in [0.25, 0.3) is 0 Å². The number of fused-ring (bicyclic) bond motifs is 1. The zero-order valence-electron chi connectivity index (χ0n) is 10.3. The first-order chi connectivity index (χ1) is 8.68. The number of hydrogen-bond acceptors (Lipinski definition) is 3. The minimum absolute atomic E-state index is 0.0194. The van der Waals surface area contributed by atoms with Gasteiger partial charge in [0.2, 0.25) is 0 Å². The summed E-state index contributed by atoms with van der Waals surface area (Å²) >= 11 is 0. The van der Waals surface area contributed by atoms with Gasteiger partial charge in [-0.05, 0) is 24.5 Å². The van der Waals surface area contributed by atoms with Gasteiger partial charge in [-0.2, -0.15) is 0 Å². The van der Waals surface area contributed by atoms with Crippen LogP contribution in [0.15, 0.2) is 18.2 Å². The van der Waals surface area contributed by atoms with Crippen molar-refractivity contribution in [3.05, 3.63) is 29.3 Å². The van der Waals surface area contributed by atoms with E-state index in [9.17, 15) is 9.90 Å². The predicted octanol–water partition coefficient (Wildman–Crippen LogP) is 1.53. The first-order valence-corrected chi connectivity index (χ1v) is 6.55. The summed E-state index contributed by atoms with van der Waals surface area (Å²) < 4.78 is 0. The van der Waals surface area contributed by atoms with Gasteiger partial charge >= 0.3 is 0 Å². The number of amides is 1. The molecule has 1 aliphatic carbocycles. The normalized spacial score (nSPS) is 27.4. The molecule has 4 heteroatoms. The van der Waals surface area contributed by atoms with Crippen molar-refractivity contribution in [3.8, 4) is 0 Å². The van der Waals surface area contributed by atoms with Crippen molar-refractivity contribution in [2.24, 2.45) is 0 Å². The minimum Gasteiger partial charge on any atom is -0.398 e. The second-order valence-electron chi connectivity index (χ2n) is 5.23. The number of benzene rings is 1. The van der Waals surface area contributed by atoms with Crippen molar-refractivity contribution >= 4 is 11.6 Å². The summed E-state index contributed by atoms with van der Waals surface area (Å²) in [5, 5.41) is 10.1.